The Hall–Kier alpha value is -1.26. The van der Waals surface area contributed by atoms with Crippen LogP contribution in [-0.2, 0) is 0 Å². The fourth-order valence-electron chi connectivity index (χ4n) is 2.33. The van der Waals surface area contributed by atoms with Gasteiger partial charge in [0, 0.05) is 6.54 Å². The smallest absolute Gasteiger partial charge is 0.255 e. The van der Waals surface area contributed by atoms with Gasteiger partial charge in [-0.3, -0.25) is 4.79 Å². The molecule has 0 aliphatic carbocycles. The molecule has 0 spiro atoms. The normalized spacial score (nSPS) is 19.9. The van der Waals surface area contributed by atoms with E-state index in [9.17, 15) is 9.90 Å². The highest BCUT2D eigenvalue weighted by Crippen LogP contribution is 2.27. The highest BCUT2D eigenvalue weighted by molar-refractivity contribution is 6.36. The van der Waals surface area contributed by atoms with Crippen molar-refractivity contribution in [2.45, 2.75) is 25.3 Å². The van der Waals surface area contributed by atoms with E-state index in [4.69, 9.17) is 17.3 Å². The van der Waals surface area contributed by atoms with Crippen LogP contribution in [0.15, 0.2) is 18.2 Å². The molecule has 4 nitrogen and oxygen atoms in total. The number of hydrogen-bond acceptors (Lipinski definition) is 3. The number of aliphatic hydroxyl groups excluding tert-OH is 1. The minimum absolute atomic E-state index is 0.00826. The molecule has 1 aromatic rings. The summed E-state index contributed by atoms with van der Waals surface area (Å²) < 4.78 is 0. The van der Waals surface area contributed by atoms with E-state index in [1.165, 1.54) is 0 Å². The molecule has 2 rings (SSSR count). The minimum Gasteiger partial charge on any atom is -0.398 e. The number of nitrogens with zero attached hydrogens (tertiary/aromatic N) is 1. The second-order valence-corrected chi connectivity index (χ2v) is 4.92. The molecule has 1 saturated heterocycles. The van der Waals surface area contributed by atoms with Crippen molar-refractivity contribution in [2.75, 3.05) is 18.9 Å². The largest absolute Gasteiger partial charge is 0.398 e. The molecule has 0 saturated carbocycles. The summed E-state index contributed by atoms with van der Waals surface area (Å²) in [7, 11) is 0. The van der Waals surface area contributed by atoms with Gasteiger partial charge in [-0.05, 0) is 31.4 Å². The number of aliphatic hydroxyl groups is 1. The molecular weight excluding hydrogens is 252 g/mol. The van der Waals surface area contributed by atoms with Crippen molar-refractivity contribution in [1.29, 1.82) is 0 Å². The Bertz CT molecular complexity index is 451. The first-order chi connectivity index (χ1) is 8.65. The molecule has 1 fully saturated rings. The van der Waals surface area contributed by atoms with Crippen LogP contribution in [0, 0.1) is 0 Å². The highest BCUT2D eigenvalue weighted by atomic mass is 35.5. The van der Waals surface area contributed by atoms with Crippen LogP contribution in [0.3, 0.4) is 0 Å². The average Bonchev–Trinajstić information content (AvgIpc) is 2.41. The monoisotopic (exact) mass is 268 g/mol. The van der Waals surface area contributed by atoms with Crippen molar-refractivity contribution in [3.8, 4) is 0 Å². The summed E-state index contributed by atoms with van der Waals surface area (Å²) >= 11 is 6.06. The molecule has 18 heavy (non-hydrogen) atoms. The molecule has 1 amide bonds. The molecule has 1 unspecified atom stereocenters. The zero-order chi connectivity index (χ0) is 13.1. The van der Waals surface area contributed by atoms with Gasteiger partial charge < -0.3 is 15.7 Å². The second-order valence-electron chi connectivity index (χ2n) is 4.54. The molecule has 1 atom stereocenters. The predicted octanol–water partition coefficient (Wildman–Crippen LogP) is 1.91. The molecule has 1 aromatic carbocycles. The van der Waals surface area contributed by atoms with Crippen molar-refractivity contribution in [1.82, 2.24) is 4.90 Å². The lowest BCUT2D eigenvalue weighted by atomic mass is 10.0. The van der Waals surface area contributed by atoms with Crippen molar-refractivity contribution in [3.05, 3.63) is 28.8 Å². The van der Waals surface area contributed by atoms with E-state index in [1.54, 1.807) is 23.1 Å². The number of piperidine rings is 1. The van der Waals surface area contributed by atoms with Crippen LogP contribution in [0.1, 0.15) is 29.6 Å². The number of rotatable bonds is 2. The van der Waals surface area contributed by atoms with Crippen molar-refractivity contribution in [3.63, 3.8) is 0 Å². The number of anilines is 1. The third-order valence-electron chi connectivity index (χ3n) is 3.36. The van der Waals surface area contributed by atoms with Gasteiger partial charge in [0.2, 0.25) is 0 Å². The van der Waals surface area contributed by atoms with Gasteiger partial charge >= 0.3 is 0 Å². The predicted molar refractivity (Wildman–Crippen MR) is 71.6 cm³/mol. The zero-order valence-corrected chi connectivity index (χ0v) is 10.9. The molecule has 1 aliphatic rings. The summed E-state index contributed by atoms with van der Waals surface area (Å²) in [5.74, 6) is -0.147. The van der Waals surface area contributed by atoms with E-state index in [0.29, 0.717) is 22.8 Å². The third kappa shape index (κ3) is 2.44. The number of amides is 1. The lowest BCUT2D eigenvalue weighted by Crippen LogP contribution is -2.45. The first-order valence-corrected chi connectivity index (χ1v) is 6.48. The van der Waals surface area contributed by atoms with Gasteiger partial charge in [-0.2, -0.15) is 0 Å². The third-order valence-corrected chi connectivity index (χ3v) is 3.78. The number of halogens is 1. The van der Waals surface area contributed by atoms with E-state index >= 15 is 0 Å². The average molecular weight is 269 g/mol. The summed E-state index contributed by atoms with van der Waals surface area (Å²) in [4.78, 5) is 14.1. The summed E-state index contributed by atoms with van der Waals surface area (Å²) in [6.45, 7) is 0.654. The van der Waals surface area contributed by atoms with E-state index in [2.05, 4.69) is 0 Å². The van der Waals surface area contributed by atoms with E-state index in [0.717, 1.165) is 19.3 Å². The minimum atomic E-state index is -0.147. The Morgan fingerprint density at radius 1 is 1.50 bits per heavy atom. The van der Waals surface area contributed by atoms with Crippen LogP contribution >= 0.6 is 11.6 Å². The SMILES string of the molecule is Nc1cccc(C(=O)N2CCCCC2CO)c1Cl. The number of carbonyl (C=O) groups excluding carboxylic acids is 1. The standard InChI is InChI=1S/C13H17ClN2O2/c14-12-10(5-3-6-11(12)15)13(18)16-7-2-1-4-9(16)8-17/h3,5-6,9,17H,1-2,4,7-8,15H2. The Balaban J connectivity index is 2.27. The van der Waals surface area contributed by atoms with E-state index in [1.807, 2.05) is 0 Å². The lowest BCUT2D eigenvalue weighted by molar-refractivity contribution is 0.0503. The zero-order valence-electron chi connectivity index (χ0n) is 10.1. The molecule has 1 heterocycles. The number of nitrogens with two attached hydrogens (primary N) is 1. The van der Waals surface area contributed by atoms with Gasteiger partial charge in [0.05, 0.1) is 28.9 Å². The van der Waals surface area contributed by atoms with Crippen LogP contribution in [-0.4, -0.2) is 35.1 Å². The summed E-state index contributed by atoms with van der Waals surface area (Å²) in [6.07, 6.45) is 2.84. The van der Waals surface area contributed by atoms with Crippen LogP contribution < -0.4 is 5.73 Å². The van der Waals surface area contributed by atoms with Crippen molar-refractivity contribution < 1.29 is 9.90 Å². The quantitative estimate of drug-likeness (QED) is 0.805. The topological polar surface area (TPSA) is 66.6 Å². The first-order valence-electron chi connectivity index (χ1n) is 6.11. The van der Waals surface area contributed by atoms with Gasteiger partial charge in [-0.1, -0.05) is 17.7 Å². The van der Waals surface area contributed by atoms with Crippen LogP contribution in [0.5, 0.6) is 0 Å². The fraction of sp³-hybridized carbons (Fsp3) is 0.462. The Morgan fingerprint density at radius 2 is 2.28 bits per heavy atom. The molecule has 0 aromatic heterocycles. The van der Waals surface area contributed by atoms with Gasteiger partial charge in [-0.15, -0.1) is 0 Å². The van der Waals surface area contributed by atoms with Crippen molar-refractivity contribution >= 4 is 23.2 Å². The number of nitrogen functional groups attached to an aromatic ring is 1. The maximum atomic E-state index is 12.4. The lowest BCUT2D eigenvalue weighted by Gasteiger charge is -2.34. The molecule has 98 valence electrons. The number of benzene rings is 1. The molecule has 3 N–H and O–H groups in total. The summed E-state index contributed by atoms with van der Waals surface area (Å²) in [5.41, 5.74) is 6.52. The van der Waals surface area contributed by atoms with Crippen molar-refractivity contribution in [2.24, 2.45) is 0 Å². The number of likely N-dealkylation sites (tertiary alicyclic amines) is 1. The maximum absolute atomic E-state index is 12.4. The Kier molecular flexibility index (Phi) is 4.09. The van der Waals surface area contributed by atoms with Gasteiger partial charge in [0.25, 0.3) is 5.91 Å². The summed E-state index contributed by atoms with van der Waals surface area (Å²) in [6, 6.07) is 4.94. The number of carbonyl (C=O) groups is 1. The van der Waals surface area contributed by atoms with Gasteiger partial charge in [-0.25, -0.2) is 0 Å². The molecule has 5 heteroatoms. The van der Waals surface area contributed by atoms with Gasteiger partial charge in [0.15, 0.2) is 0 Å². The highest BCUT2D eigenvalue weighted by Gasteiger charge is 2.28. The molecule has 1 aliphatic heterocycles. The maximum Gasteiger partial charge on any atom is 0.255 e. The summed E-state index contributed by atoms with van der Waals surface area (Å²) in [5, 5.41) is 9.63. The Morgan fingerprint density at radius 3 is 3.00 bits per heavy atom. The van der Waals surface area contributed by atoms with Gasteiger partial charge in [0.1, 0.15) is 0 Å². The molecule has 0 radical (unpaired) electrons. The second kappa shape index (κ2) is 5.59. The molecular formula is C13H17ClN2O2. The molecule has 0 bridgehead atoms. The van der Waals surface area contributed by atoms with E-state index in [-0.39, 0.29) is 18.6 Å². The van der Waals surface area contributed by atoms with E-state index < -0.39 is 0 Å². The van der Waals surface area contributed by atoms with Crippen LogP contribution in [0.2, 0.25) is 5.02 Å². The first kappa shape index (κ1) is 13.2. The van der Waals surface area contributed by atoms with Crippen LogP contribution in [0.4, 0.5) is 5.69 Å². The van der Waals surface area contributed by atoms with Crippen LogP contribution in [0.25, 0.3) is 0 Å². The Labute approximate surface area is 111 Å². The number of hydrogen-bond donors (Lipinski definition) is 2. The fourth-order valence-corrected chi connectivity index (χ4v) is 2.53.